The summed E-state index contributed by atoms with van der Waals surface area (Å²) in [5.41, 5.74) is 3.42. The average molecular weight is 681 g/mol. The molecule has 3 aromatic carbocycles. The smallest absolute Gasteiger partial charge is 0.278 e. The maximum absolute atomic E-state index is 13.6. The van der Waals surface area contributed by atoms with Gasteiger partial charge in [0.15, 0.2) is 22.6 Å². The zero-order valence-electron chi connectivity index (χ0n) is 27.3. The minimum Gasteiger partial charge on any atom is -0.372 e. The molecular weight excluding hydrogens is 646 g/mol. The van der Waals surface area contributed by atoms with Crippen LogP contribution in [0.5, 0.6) is 0 Å². The number of aromatic nitrogens is 4. The highest BCUT2D eigenvalue weighted by Gasteiger charge is 2.21. The van der Waals surface area contributed by atoms with Gasteiger partial charge in [0, 0.05) is 55.2 Å². The number of rotatable bonds is 9. The molecule has 1 fully saturated rings. The molecule has 0 radical (unpaired) electrons. The Morgan fingerprint density at radius 3 is 2.51 bits per heavy atom. The van der Waals surface area contributed by atoms with E-state index in [0.29, 0.717) is 18.0 Å². The fourth-order valence-corrected chi connectivity index (χ4v) is 6.16. The van der Waals surface area contributed by atoms with Gasteiger partial charge >= 0.3 is 0 Å². The molecule has 8 nitrogen and oxygen atoms in total. The van der Waals surface area contributed by atoms with Crippen molar-refractivity contribution in [2.45, 2.75) is 44.7 Å². The molecule has 0 atom stereocenters. The molecule has 2 aromatic heterocycles. The van der Waals surface area contributed by atoms with Crippen molar-refractivity contribution in [3.05, 3.63) is 128 Å². The van der Waals surface area contributed by atoms with Crippen LogP contribution in [-0.2, 0) is 13.0 Å². The van der Waals surface area contributed by atoms with E-state index in [4.69, 9.17) is 16.6 Å². The van der Waals surface area contributed by atoms with Gasteiger partial charge in [-0.15, -0.1) is 0 Å². The predicted molar refractivity (Wildman–Crippen MR) is 187 cm³/mol. The molecule has 0 N–H and O–H groups in total. The number of likely N-dealkylation sites (tertiary alicyclic amines) is 1. The van der Waals surface area contributed by atoms with E-state index in [9.17, 15) is 18.4 Å². The summed E-state index contributed by atoms with van der Waals surface area (Å²) in [7, 11) is 4.36. The molecular formula is C38H35ClF2N6O2. The normalized spacial score (nSPS) is 13.7. The third kappa shape index (κ3) is 8.37. The first-order valence-electron chi connectivity index (χ1n) is 16.1. The van der Waals surface area contributed by atoms with Crippen LogP contribution >= 0.6 is 11.6 Å². The van der Waals surface area contributed by atoms with Gasteiger partial charge in [0.2, 0.25) is 0 Å². The number of anilines is 1. The first kappa shape index (κ1) is 33.9. The van der Waals surface area contributed by atoms with E-state index in [1.807, 2.05) is 18.2 Å². The molecule has 11 heteroatoms. The Morgan fingerprint density at radius 1 is 1.00 bits per heavy atom. The number of ketones is 1. The van der Waals surface area contributed by atoms with Crippen LogP contribution in [0.1, 0.15) is 58.6 Å². The first-order valence-corrected chi connectivity index (χ1v) is 16.5. The summed E-state index contributed by atoms with van der Waals surface area (Å²) in [6.45, 7) is 2.08. The molecule has 6 rings (SSSR count). The van der Waals surface area contributed by atoms with Gasteiger partial charge in [-0.25, -0.2) is 23.4 Å². The summed E-state index contributed by atoms with van der Waals surface area (Å²) in [6.07, 6.45) is 4.97. The van der Waals surface area contributed by atoms with Crippen LogP contribution in [0, 0.1) is 23.5 Å². The maximum Gasteiger partial charge on any atom is 0.278 e. The zero-order valence-corrected chi connectivity index (χ0v) is 28.1. The van der Waals surface area contributed by atoms with E-state index in [1.165, 1.54) is 30.7 Å². The quantitative estimate of drug-likeness (QED) is 0.133. The fourth-order valence-electron chi connectivity index (χ4n) is 5.96. The van der Waals surface area contributed by atoms with Gasteiger partial charge in [-0.2, -0.15) is 5.10 Å². The number of nitrogens with zero attached hydrogens (tertiary/aromatic N) is 6. The summed E-state index contributed by atoms with van der Waals surface area (Å²) in [5.74, 6) is 4.30. The number of Topliss-reactive ketones (excluding diaryl/α,β-unsaturated/α-hetero) is 1. The Kier molecular flexibility index (Phi) is 10.4. The highest BCUT2D eigenvalue weighted by Crippen LogP contribution is 2.23. The SMILES string of the molecule is CN1CCC(N(C)c2ccc(Cc3ncc4cc(C#CCCC(=O)c5cc(Cl)nn(Cc6ccc(F)c(F)c6)c5=O)ccc4n3)cc2)CC1. The second-order valence-corrected chi connectivity index (χ2v) is 12.8. The molecule has 0 aliphatic carbocycles. The number of piperidine rings is 1. The Labute approximate surface area is 288 Å². The van der Waals surface area contributed by atoms with Crippen molar-refractivity contribution in [2.24, 2.45) is 0 Å². The zero-order chi connectivity index (χ0) is 34.5. The van der Waals surface area contributed by atoms with Gasteiger partial charge in [0.05, 0.1) is 17.6 Å². The molecule has 0 unspecified atom stereocenters. The van der Waals surface area contributed by atoms with Gasteiger partial charge in [-0.05, 0) is 92.6 Å². The van der Waals surface area contributed by atoms with Crippen LogP contribution < -0.4 is 10.5 Å². The van der Waals surface area contributed by atoms with Gasteiger partial charge < -0.3 is 9.80 Å². The van der Waals surface area contributed by atoms with Gasteiger partial charge in [0.25, 0.3) is 5.56 Å². The minimum atomic E-state index is -1.05. The Hall–Kier alpha value is -4.98. The fraction of sp³-hybridized carbons (Fsp3) is 0.289. The Morgan fingerprint density at radius 2 is 1.76 bits per heavy atom. The highest BCUT2D eigenvalue weighted by molar-refractivity contribution is 6.29. The number of carbonyl (C=O) groups excluding carboxylic acids is 1. The van der Waals surface area contributed by atoms with E-state index < -0.39 is 23.0 Å². The summed E-state index contributed by atoms with van der Waals surface area (Å²) in [4.78, 5) is 39.9. The highest BCUT2D eigenvalue weighted by atomic mass is 35.5. The van der Waals surface area contributed by atoms with E-state index in [-0.39, 0.29) is 30.1 Å². The number of hydrogen-bond acceptors (Lipinski definition) is 7. The van der Waals surface area contributed by atoms with Crippen molar-refractivity contribution >= 4 is 34.0 Å². The van der Waals surface area contributed by atoms with Crippen molar-refractivity contribution in [1.29, 1.82) is 0 Å². The van der Waals surface area contributed by atoms with Crippen LogP contribution in [0.2, 0.25) is 5.15 Å². The lowest BCUT2D eigenvalue weighted by Crippen LogP contribution is -2.41. The Balaban J connectivity index is 1.05. The molecule has 1 saturated heterocycles. The van der Waals surface area contributed by atoms with Gasteiger partial charge in [-0.3, -0.25) is 9.59 Å². The molecule has 5 aromatic rings. The first-order chi connectivity index (χ1) is 23.6. The topological polar surface area (TPSA) is 84.2 Å². The minimum absolute atomic E-state index is 0.0107. The number of fused-ring (bicyclic) bond motifs is 1. The molecule has 0 bridgehead atoms. The number of hydrogen-bond donors (Lipinski definition) is 0. The van der Waals surface area contributed by atoms with Gasteiger partial charge in [0.1, 0.15) is 5.82 Å². The number of benzene rings is 3. The maximum atomic E-state index is 13.6. The summed E-state index contributed by atoms with van der Waals surface area (Å²) in [5, 5.41) is 4.72. The Bertz CT molecular complexity index is 2120. The predicted octanol–water partition coefficient (Wildman–Crippen LogP) is 6.30. The van der Waals surface area contributed by atoms with Crippen LogP contribution in [0.15, 0.2) is 77.7 Å². The molecule has 0 amide bonds. The average Bonchev–Trinajstić information content (AvgIpc) is 3.10. The standard InChI is InChI=1S/C38H35ClF2N6O2/c1-45-17-15-30(16-18-45)46(2)29-11-7-26(8-12-29)21-37-42-23-28-19-25(10-14-34(28)43-37)5-3-4-6-35(48)31-22-36(39)44-47(38(31)49)24-27-9-13-32(40)33(41)20-27/h7-14,19-20,22-23,30H,4,6,15-18,21,24H2,1-2H3. The molecule has 0 spiro atoms. The molecule has 49 heavy (non-hydrogen) atoms. The van der Waals surface area contributed by atoms with Crippen molar-refractivity contribution < 1.29 is 13.6 Å². The lowest BCUT2D eigenvalue weighted by Gasteiger charge is -2.36. The van der Waals surface area contributed by atoms with Crippen molar-refractivity contribution in [3.8, 4) is 11.8 Å². The van der Waals surface area contributed by atoms with Crippen molar-refractivity contribution in [1.82, 2.24) is 24.6 Å². The third-order valence-corrected chi connectivity index (χ3v) is 9.03. The number of halogens is 3. The largest absolute Gasteiger partial charge is 0.372 e. The summed E-state index contributed by atoms with van der Waals surface area (Å²) >= 11 is 6.07. The number of carbonyl (C=O) groups is 1. The summed E-state index contributed by atoms with van der Waals surface area (Å²) < 4.78 is 27.9. The monoisotopic (exact) mass is 680 g/mol. The lowest BCUT2D eigenvalue weighted by atomic mass is 10.0. The molecule has 0 saturated carbocycles. The van der Waals surface area contributed by atoms with Gasteiger partial charge in [-0.1, -0.05) is 41.6 Å². The second kappa shape index (κ2) is 15.1. The van der Waals surface area contributed by atoms with E-state index >= 15 is 0 Å². The van der Waals surface area contributed by atoms with E-state index in [1.54, 1.807) is 6.20 Å². The van der Waals surface area contributed by atoms with E-state index in [0.717, 1.165) is 57.8 Å². The molecule has 250 valence electrons. The molecule has 3 heterocycles. The lowest BCUT2D eigenvalue weighted by molar-refractivity contribution is 0.0982. The van der Waals surface area contributed by atoms with Crippen molar-refractivity contribution in [3.63, 3.8) is 0 Å². The molecule has 1 aliphatic heterocycles. The third-order valence-electron chi connectivity index (χ3n) is 8.84. The van der Waals surface area contributed by atoms with Crippen LogP contribution in [0.3, 0.4) is 0 Å². The molecule has 1 aliphatic rings. The van der Waals surface area contributed by atoms with E-state index in [2.05, 4.69) is 70.1 Å². The van der Waals surface area contributed by atoms with Crippen LogP contribution in [0.25, 0.3) is 10.9 Å². The van der Waals surface area contributed by atoms with Crippen molar-refractivity contribution in [2.75, 3.05) is 32.1 Å². The summed E-state index contributed by atoms with van der Waals surface area (Å²) in [6, 6.07) is 19.4. The second-order valence-electron chi connectivity index (χ2n) is 12.4. The van der Waals surface area contributed by atoms with Crippen LogP contribution in [0.4, 0.5) is 14.5 Å². The van der Waals surface area contributed by atoms with Crippen LogP contribution in [-0.4, -0.2) is 63.7 Å².